The van der Waals surface area contributed by atoms with E-state index in [4.69, 9.17) is 10.8 Å². The van der Waals surface area contributed by atoms with Gasteiger partial charge in [0.05, 0.1) is 5.75 Å². The van der Waals surface area contributed by atoms with Gasteiger partial charge >= 0.3 is 11.7 Å². The van der Waals surface area contributed by atoms with Crippen LogP contribution in [0, 0.1) is 0 Å². The molecule has 0 aliphatic rings. The molecule has 0 bridgehead atoms. The van der Waals surface area contributed by atoms with E-state index in [0.717, 1.165) is 16.3 Å². The van der Waals surface area contributed by atoms with Crippen LogP contribution < -0.4 is 17.0 Å². The molecule has 2 aromatic heterocycles. The van der Waals surface area contributed by atoms with Gasteiger partial charge in [0.2, 0.25) is 5.91 Å². The summed E-state index contributed by atoms with van der Waals surface area (Å²) in [6.07, 6.45) is 0. The van der Waals surface area contributed by atoms with E-state index in [1.54, 1.807) is 0 Å². The van der Waals surface area contributed by atoms with Crippen LogP contribution in [0.25, 0.3) is 11.2 Å². The van der Waals surface area contributed by atoms with Crippen molar-refractivity contribution in [1.29, 1.82) is 0 Å². The van der Waals surface area contributed by atoms with Crippen molar-refractivity contribution in [1.82, 2.24) is 19.1 Å². The Bertz CT molecular complexity index is 848. The van der Waals surface area contributed by atoms with E-state index < -0.39 is 23.1 Å². The minimum Gasteiger partial charge on any atom is -0.481 e. The van der Waals surface area contributed by atoms with Crippen molar-refractivity contribution in [3.05, 3.63) is 20.8 Å². The number of carbonyl (C=O) groups excluding carboxylic acids is 1. The monoisotopic (exact) mass is 313 g/mol. The van der Waals surface area contributed by atoms with Gasteiger partial charge < -0.3 is 15.4 Å². The van der Waals surface area contributed by atoms with E-state index in [1.807, 2.05) is 0 Å². The number of nitrogens with zero attached hydrogens (tertiary/aromatic N) is 3. The predicted octanol–water partition coefficient (Wildman–Crippen LogP) is -1.91. The number of nitrogens with one attached hydrogen (secondary N) is 1. The summed E-state index contributed by atoms with van der Waals surface area (Å²) < 4.78 is 2.29. The Hall–Kier alpha value is -2.56. The van der Waals surface area contributed by atoms with E-state index in [-0.39, 0.29) is 28.6 Å². The fraction of sp³-hybridized carbons (Fsp3) is 0.300. The van der Waals surface area contributed by atoms with E-state index in [0.29, 0.717) is 0 Å². The lowest BCUT2D eigenvalue weighted by Crippen LogP contribution is -2.30. The first-order valence-corrected chi connectivity index (χ1v) is 6.62. The summed E-state index contributed by atoms with van der Waals surface area (Å²) in [4.78, 5) is 51.3. The number of aryl methyl sites for hydroxylation is 1. The van der Waals surface area contributed by atoms with Gasteiger partial charge in [0.25, 0.3) is 5.56 Å². The topological polar surface area (TPSA) is 153 Å². The second-order valence-corrected chi connectivity index (χ2v) is 5.06. The van der Waals surface area contributed by atoms with Gasteiger partial charge in [0, 0.05) is 7.05 Å². The fourth-order valence-electron chi connectivity index (χ4n) is 1.75. The summed E-state index contributed by atoms with van der Waals surface area (Å²) in [6, 6.07) is 0. The summed E-state index contributed by atoms with van der Waals surface area (Å²) in [7, 11) is 1.40. The van der Waals surface area contributed by atoms with Gasteiger partial charge in [0.15, 0.2) is 16.3 Å². The van der Waals surface area contributed by atoms with E-state index >= 15 is 0 Å². The average Bonchev–Trinajstić information content (AvgIpc) is 2.72. The van der Waals surface area contributed by atoms with Crippen molar-refractivity contribution < 1.29 is 14.7 Å². The normalized spacial score (nSPS) is 10.9. The highest BCUT2D eigenvalue weighted by molar-refractivity contribution is 7.99. The van der Waals surface area contributed by atoms with Gasteiger partial charge in [-0.05, 0) is 0 Å². The molecule has 10 nitrogen and oxygen atoms in total. The van der Waals surface area contributed by atoms with Crippen LogP contribution >= 0.6 is 11.8 Å². The second kappa shape index (κ2) is 5.44. The summed E-state index contributed by atoms with van der Waals surface area (Å²) >= 11 is 0.823. The van der Waals surface area contributed by atoms with Crippen molar-refractivity contribution in [2.45, 2.75) is 11.7 Å². The SMILES string of the molecule is Cn1c(=O)[nH]c(=O)c2c1nc(SCC(=O)O)n2CC(N)=O. The first kappa shape index (κ1) is 14.8. The number of aliphatic carboxylic acids is 1. The van der Waals surface area contributed by atoms with Gasteiger partial charge in [-0.15, -0.1) is 0 Å². The van der Waals surface area contributed by atoms with Crippen molar-refractivity contribution in [2.24, 2.45) is 12.8 Å². The van der Waals surface area contributed by atoms with Crippen molar-refractivity contribution in [3.8, 4) is 0 Å². The quantitative estimate of drug-likeness (QED) is 0.544. The molecule has 0 radical (unpaired) electrons. The summed E-state index contributed by atoms with van der Waals surface area (Å²) in [6.45, 7) is -0.347. The molecule has 112 valence electrons. The van der Waals surface area contributed by atoms with Gasteiger partial charge in [-0.25, -0.2) is 9.78 Å². The molecule has 0 fully saturated rings. The number of rotatable bonds is 5. The highest BCUT2D eigenvalue weighted by Crippen LogP contribution is 2.21. The van der Waals surface area contributed by atoms with Crippen LogP contribution in [0.5, 0.6) is 0 Å². The number of carboxylic acid groups (broad SMARTS) is 1. The molecular formula is C10H11N5O5S. The molecule has 1 amide bonds. The zero-order chi connectivity index (χ0) is 15.7. The first-order chi connectivity index (χ1) is 9.81. The Morgan fingerprint density at radius 1 is 1.43 bits per heavy atom. The lowest BCUT2D eigenvalue weighted by atomic mass is 10.5. The maximum Gasteiger partial charge on any atom is 0.329 e. The average molecular weight is 313 g/mol. The van der Waals surface area contributed by atoms with E-state index in [1.165, 1.54) is 11.6 Å². The number of H-pyrrole nitrogens is 1. The minimum atomic E-state index is -1.08. The number of carbonyl (C=O) groups is 2. The molecule has 0 saturated heterocycles. The molecule has 2 rings (SSSR count). The van der Waals surface area contributed by atoms with Crippen molar-refractivity contribution in [2.75, 3.05) is 5.75 Å². The number of hydrogen-bond acceptors (Lipinski definition) is 6. The molecule has 4 N–H and O–H groups in total. The molecule has 0 aliphatic heterocycles. The van der Waals surface area contributed by atoms with Crippen LogP contribution in [-0.2, 0) is 23.2 Å². The van der Waals surface area contributed by atoms with Crippen LogP contribution in [0.1, 0.15) is 0 Å². The molecule has 2 aromatic rings. The third-order valence-corrected chi connectivity index (χ3v) is 3.57. The zero-order valence-electron chi connectivity index (χ0n) is 10.8. The number of nitrogens with two attached hydrogens (primary N) is 1. The third-order valence-electron chi connectivity index (χ3n) is 2.61. The van der Waals surface area contributed by atoms with Crippen LogP contribution in [0.15, 0.2) is 14.7 Å². The van der Waals surface area contributed by atoms with Crippen LogP contribution in [-0.4, -0.2) is 41.8 Å². The smallest absolute Gasteiger partial charge is 0.329 e. The molecule has 11 heteroatoms. The third kappa shape index (κ3) is 2.81. The van der Waals surface area contributed by atoms with E-state index in [9.17, 15) is 19.2 Å². The van der Waals surface area contributed by atoms with Gasteiger partial charge in [0.1, 0.15) is 6.54 Å². The van der Waals surface area contributed by atoms with Crippen molar-refractivity contribution in [3.63, 3.8) is 0 Å². The Morgan fingerprint density at radius 2 is 2.10 bits per heavy atom. The molecule has 0 aliphatic carbocycles. The summed E-state index contributed by atoms with van der Waals surface area (Å²) in [5.41, 5.74) is 3.79. The van der Waals surface area contributed by atoms with Crippen LogP contribution in [0.2, 0.25) is 0 Å². The minimum absolute atomic E-state index is 0.0104. The maximum absolute atomic E-state index is 11.9. The lowest BCUT2D eigenvalue weighted by Gasteiger charge is -2.04. The molecule has 0 saturated carbocycles. The summed E-state index contributed by atoms with van der Waals surface area (Å²) in [5.74, 6) is -2.12. The molecule has 0 spiro atoms. The molecule has 0 unspecified atom stereocenters. The summed E-state index contributed by atoms with van der Waals surface area (Å²) in [5, 5.41) is 8.83. The van der Waals surface area contributed by atoms with Gasteiger partial charge in [-0.3, -0.25) is 23.9 Å². The van der Waals surface area contributed by atoms with Crippen LogP contribution in [0.4, 0.5) is 0 Å². The number of primary amides is 1. The second-order valence-electron chi connectivity index (χ2n) is 4.12. The molecule has 0 atom stereocenters. The molecule has 2 heterocycles. The predicted molar refractivity (Wildman–Crippen MR) is 73.1 cm³/mol. The molecular weight excluding hydrogens is 302 g/mol. The maximum atomic E-state index is 11.9. The molecule has 0 aromatic carbocycles. The number of thioether (sulfide) groups is 1. The zero-order valence-corrected chi connectivity index (χ0v) is 11.6. The van der Waals surface area contributed by atoms with Gasteiger partial charge in [-0.2, -0.15) is 0 Å². The lowest BCUT2D eigenvalue weighted by molar-refractivity contribution is -0.133. The standard InChI is InChI=1S/C10H11N5O5S/c1-14-7-6(8(19)13-9(14)20)15(2-4(11)16)10(12-7)21-3-5(17)18/h2-3H2,1H3,(H2,11,16)(H,17,18)(H,13,19,20). The van der Waals surface area contributed by atoms with Gasteiger partial charge in [-0.1, -0.05) is 11.8 Å². The number of imidazole rings is 1. The number of fused-ring (bicyclic) bond motifs is 1. The largest absolute Gasteiger partial charge is 0.481 e. The number of hydrogen-bond donors (Lipinski definition) is 3. The Balaban J connectivity index is 2.72. The Labute approximate surface area is 120 Å². The number of amides is 1. The van der Waals surface area contributed by atoms with Crippen LogP contribution in [0.3, 0.4) is 0 Å². The fourth-order valence-corrected chi connectivity index (χ4v) is 2.47. The highest BCUT2D eigenvalue weighted by atomic mass is 32.2. The number of aromatic amines is 1. The number of carboxylic acids is 1. The van der Waals surface area contributed by atoms with E-state index in [2.05, 4.69) is 9.97 Å². The van der Waals surface area contributed by atoms with Crippen molar-refractivity contribution >= 4 is 34.8 Å². The Morgan fingerprint density at radius 3 is 2.67 bits per heavy atom. The highest BCUT2D eigenvalue weighted by Gasteiger charge is 2.19. The number of aromatic nitrogens is 4. The molecule has 21 heavy (non-hydrogen) atoms. The first-order valence-electron chi connectivity index (χ1n) is 5.63. The Kier molecular flexibility index (Phi) is 3.84.